The summed E-state index contributed by atoms with van der Waals surface area (Å²) < 4.78 is 39.9. The molecule has 41 heavy (non-hydrogen) atoms. The summed E-state index contributed by atoms with van der Waals surface area (Å²) in [5, 5.41) is 3.58. The highest BCUT2D eigenvalue weighted by molar-refractivity contribution is 7.82. The lowest BCUT2D eigenvalue weighted by Crippen LogP contribution is -2.19. The second-order valence-corrected chi connectivity index (χ2v) is 12.3. The number of benzene rings is 4. The van der Waals surface area contributed by atoms with Gasteiger partial charge in [-0.2, -0.15) is 0 Å². The molecular weight excluding hydrogens is 528 g/mol. The van der Waals surface area contributed by atoms with Crippen LogP contribution in [-0.2, 0) is 36.1 Å². The molecule has 5 heteroatoms. The smallest absolute Gasteiger partial charge is 0.352 e. The molecule has 0 radical (unpaired) electrons. The number of unbranched alkanes of at least 4 members (excludes halogenated alkanes) is 4. The van der Waals surface area contributed by atoms with Gasteiger partial charge in [0, 0.05) is 10.8 Å². The van der Waals surface area contributed by atoms with E-state index in [1.54, 1.807) is 0 Å². The number of fused-ring (bicyclic) bond motifs is 2. The van der Waals surface area contributed by atoms with E-state index >= 15 is 0 Å². The highest BCUT2D eigenvalue weighted by Crippen LogP contribution is 2.39. The van der Waals surface area contributed by atoms with E-state index in [9.17, 15) is 8.42 Å². The van der Waals surface area contributed by atoms with Gasteiger partial charge < -0.3 is 8.37 Å². The Kier molecular flexibility index (Phi) is 11.1. The molecule has 0 spiro atoms. The summed E-state index contributed by atoms with van der Waals surface area (Å²) in [6, 6.07) is 20.2. The molecule has 0 heterocycles. The van der Waals surface area contributed by atoms with Crippen molar-refractivity contribution in [1.82, 2.24) is 0 Å². The second kappa shape index (κ2) is 14.7. The van der Waals surface area contributed by atoms with Gasteiger partial charge in [0.05, 0.1) is 0 Å². The molecule has 0 fully saturated rings. The van der Waals surface area contributed by atoms with E-state index in [0.717, 1.165) is 110 Å². The molecule has 0 saturated heterocycles. The number of rotatable bonds is 16. The molecular formula is C36H46O4S. The molecule has 0 amide bonds. The molecule has 0 aliphatic carbocycles. The van der Waals surface area contributed by atoms with Crippen LogP contribution in [0.15, 0.2) is 60.7 Å². The molecule has 0 bridgehead atoms. The number of aryl methyl sites for hydroxylation is 2. The zero-order valence-electron chi connectivity index (χ0n) is 25.3. The van der Waals surface area contributed by atoms with E-state index in [1.807, 2.05) is 48.5 Å². The highest BCUT2D eigenvalue weighted by Gasteiger charge is 2.26. The Hall–Kier alpha value is -3.05. The second-order valence-electron chi connectivity index (χ2n) is 11.1. The Morgan fingerprint density at radius 2 is 0.902 bits per heavy atom. The van der Waals surface area contributed by atoms with Gasteiger partial charge in [-0.3, -0.25) is 0 Å². The van der Waals surface area contributed by atoms with Gasteiger partial charge in [0.1, 0.15) is 0 Å². The molecule has 0 saturated carbocycles. The number of hydrogen-bond acceptors (Lipinski definition) is 4. The van der Waals surface area contributed by atoms with E-state index in [2.05, 4.69) is 39.8 Å². The van der Waals surface area contributed by atoms with Crippen LogP contribution in [0.5, 0.6) is 11.5 Å². The molecule has 4 rings (SSSR count). The molecule has 0 N–H and O–H groups in total. The van der Waals surface area contributed by atoms with Gasteiger partial charge in [0.2, 0.25) is 0 Å². The largest absolute Gasteiger partial charge is 0.501 e. The maximum Gasteiger partial charge on any atom is 0.501 e. The maximum absolute atomic E-state index is 13.9. The van der Waals surface area contributed by atoms with E-state index in [4.69, 9.17) is 8.37 Å². The van der Waals surface area contributed by atoms with Crippen LogP contribution in [0.2, 0.25) is 0 Å². The molecule has 0 aromatic heterocycles. The Morgan fingerprint density at radius 1 is 0.537 bits per heavy atom. The molecule has 220 valence electrons. The SMILES string of the molecule is CCCCc1cc2ccccc2c(OS(=O)(=O)Oc2c(CCCC)c(CCCC)cc3ccccc23)c1CCCC. The van der Waals surface area contributed by atoms with Gasteiger partial charge in [0.25, 0.3) is 0 Å². The predicted molar refractivity (Wildman–Crippen MR) is 173 cm³/mol. The van der Waals surface area contributed by atoms with Crippen molar-refractivity contribution in [3.05, 3.63) is 82.9 Å². The Balaban J connectivity index is 1.85. The van der Waals surface area contributed by atoms with E-state index in [0.29, 0.717) is 11.5 Å². The third kappa shape index (κ3) is 7.62. The summed E-state index contributed by atoms with van der Waals surface area (Å²) in [6.07, 6.45) is 11.5. The van der Waals surface area contributed by atoms with Crippen molar-refractivity contribution in [2.24, 2.45) is 0 Å². The van der Waals surface area contributed by atoms with Crippen LogP contribution in [-0.4, -0.2) is 8.42 Å². The van der Waals surface area contributed by atoms with Crippen LogP contribution in [0.1, 0.15) is 101 Å². The lowest BCUT2D eigenvalue weighted by atomic mass is 9.93. The molecule has 0 aliphatic heterocycles. The monoisotopic (exact) mass is 574 g/mol. The molecule has 0 unspecified atom stereocenters. The minimum absolute atomic E-state index is 0.421. The predicted octanol–water partition coefficient (Wildman–Crippen LogP) is 10.1. The third-order valence-corrected chi connectivity index (χ3v) is 8.67. The van der Waals surface area contributed by atoms with Crippen molar-refractivity contribution in [2.45, 2.75) is 105 Å². The first kappa shape index (κ1) is 30.9. The summed E-state index contributed by atoms with van der Waals surface area (Å²) in [6.45, 7) is 8.67. The fraction of sp³-hybridized carbons (Fsp3) is 0.444. The zero-order chi connectivity index (χ0) is 29.2. The van der Waals surface area contributed by atoms with Gasteiger partial charge in [-0.15, -0.1) is 8.42 Å². The fourth-order valence-electron chi connectivity index (χ4n) is 5.67. The molecule has 4 nitrogen and oxygen atoms in total. The van der Waals surface area contributed by atoms with Crippen molar-refractivity contribution < 1.29 is 16.8 Å². The fourth-order valence-corrected chi connectivity index (χ4v) is 6.50. The normalized spacial score (nSPS) is 11.8. The summed E-state index contributed by atoms with van der Waals surface area (Å²) in [7, 11) is -4.44. The van der Waals surface area contributed by atoms with Crippen molar-refractivity contribution in [3.63, 3.8) is 0 Å². The van der Waals surface area contributed by atoms with Crippen molar-refractivity contribution in [3.8, 4) is 11.5 Å². The average Bonchev–Trinajstić information content (AvgIpc) is 2.97. The van der Waals surface area contributed by atoms with Gasteiger partial charge in [0.15, 0.2) is 11.5 Å². The Morgan fingerprint density at radius 3 is 1.29 bits per heavy atom. The Labute approximate surface area is 247 Å². The van der Waals surface area contributed by atoms with Crippen LogP contribution in [0.25, 0.3) is 21.5 Å². The summed E-state index contributed by atoms with van der Waals surface area (Å²) in [5.41, 5.74) is 4.30. The van der Waals surface area contributed by atoms with E-state index in [1.165, 1.54) is 11.1 Å². The van der Waals surface area contributed by atoms with Gasteiger partial charge >= 0.3 is 10.4 Å². The minimum atomic E-state index is -4.44. The molecule has 4 aromatic carbocycles. The standard InChI is InChI=1S/C36H46O4S/c1-5-9-17-27-25-29-19-13-15-23-33(29)35(31(27)21-11-7-3)39-41(37,38)40-36-32(22-12-8-4)28(18-10-6-2)26-30-20-14-16-24-34(30)36/h13-16,19-20,23-26H,5-12,17-18,21-22H2,1-4H3. The minimum Gasteiger partial charge on any atom is -0.352 e. The van der Waals surface area contributed by atoms with Crippen LogP contribution >= 0.6 is 0 Å². The van der Waals surface area contributed by atoms with E-state index < -0.39 is 10.4 Å². The van der Waals surface area contributed by atoms with Crippen LogP contribution < -0.4 is 8.37 Å². The Bertz CT molecular complexity index is 1440. The van der Waals surface area contributed by atoms with Gasteiger partial charge in [-0.05, 0) is 84.4 Å². The van der Waals surface area contributed by atoms with Crippen molar-refractivity contribution in [1.29, 1.82) is 0 Å². The summed E-state index contributed by atoms with van der Waals surface area (Å²) in [4.78, 5) is 0. The lowest BCUT2D eigenvalue weighted by Gasteiger charge is -2.20. The summed E-state index contributed by atoms with van der Waals surface area (Å²) >= 11 is 0. The first-order valence-electron chi connectivity index (χ1n) is 15.6. The van der Waals surface area contributed by atoms with Crippen LogP contribution in [0.4, 0.5) is 0 Å². The van der Waals surface area contributed by atoms with Crippen molar-refractivity contribution in [2.75, 3.05) is 0 Å². The summed E-state index contributed by atoms with van der Waals surface area (Å²) in [5.74, 6) is 0.841. The first-order valence-corrected chi connectivity index (χ1v) is 17.0. The highest BCUT2D eigenvalue weighted by atomic mass is 32.3. The zero-order valence-corrected chi connectivity index (χ0v) is 26.1. The van der Waals surface area contributed by atoms with E-state index in [-0.39, 0.29) is 0 Å². The van der Waals surface area contributed by atoms with Crippen LogP contribution in [0.3, 0.4) is 0 Å². The third-order valence-electron chi connectivity index (χ3n) is 7.92. The first-order chi connectivity index (χ1) is 19.9. The molecule has 4 aromatic rings. The van der Waals surface area contributed by atoms with Gasteiger partial charge in [-0.25, -0.2) is 0 Å². The van der Waals surface area contributed by atoms with Crippen LogP contribution in [0, 0.1) is 0 Å². The topological polar surface area (TPSA) is 52.6 Å². The lowest BCUT2D eigenvalue weighted by molar-refractivity contribution is 0.391. The molecule has 0 aliphatic rings. The quantitative estimate of drug-likeness (QED) is 0.134. The average molecular weight is 575 g/mol. The van der Waals surface area contributed by atoms with Crippen molar-refractivity contribution >= 4 is 31.9 Å². The maximum atomic E-state index is 13.9. The molecule has 0 atom stereocenters. The van der Waals surface area contributed by atoms with Gasteiger partial charge in [-0.1, -0.05) is 114 Å². The number of hydrogen-bond donors (Lipinski definition) is 0.